The fourth-order valence-corrected chi connectivity index (χ4v) is 3.37. The Bertz CT molecular complexity index is 592. The van der Waals surface area contributed by atoms with Crippen molar-refractivity contribution in [3.05, 3.63) is 29.8 Å². The molecule has 0 aliphatic heterocycles. The number of carboxylic acids is 1. The first-order valence-electron chi connectivity index (χ1n) is 12.7. The van der Waals surface area contributed by atoms with Crippen LogP contribution in [0.3, 0.4) is 0 Å². The van der Waals surface area contributed by atoms with Gasteiger partial charge in [-0.1, -0.05) is 109 Å². The summed E-state index contributed by atoms with van der Waals surface area (Å²) < 4.78 is 5.28. The zero-order chi connectivity index (χ0) is 23.9. The molecule has 184 valence electrons. The standard InChI is InChI=1S/C20H40O2.C7H6O3.K/c1-3-5-7-9-11-12-13-14-16-18-20(21)22-19-17-15-10-8-6-4-2;8-6-4-2-1-3-5(6)7(9)10;/h3-19H2,1-2H3;1-4,8H,(H,9,10);/q;;+1/p-1. The van der Waals surface area contributed by atoms with Crippen molar-refractivity contribution in [2.75, 3.05) is 6.61 Å². The number of benzene rings is 1. The summed E-state index contributed by atoms with van der Waals surface area (Å²) in [7, 11) is 0. The second-order valence-electron chi connectivity index (χ2n) is 8.37. The number of esters is 1. The molecule has 0 unspecified atom stereocenters. The maximum atomic E-state index is 11.6. The fraction of sp³-hybridized carbons (Fsp3) is 0.704. The Labute approximate surface area is 244 Å². The monoisotopic (exact) mass is 488 g/mol. The van der Waals surface area contributed by atoms with Crippen LogP contribution >= 0.6 is 0 Å². The van der Waals surface area contributed by atoms with Crippen LogP contribution in [0.4, 0.5) is 0 Å². The molecule has 0 amide bonds. The van der Waals surface area contributed by atoms with E-state index in [9.17, 15) is 14.7 Å². The third-order valence-corrected chi connectivity index (χ3v) is 5.37. The SMILES string of the molecule is CCCCCCCCCCCC(=O)OCCCCCCCC.O=C([O-])c1ccccc1O.[K+]. The number of aromatic hydroxyl groups is 1. The number of ether oxygens (including phenoxy) is 1. The van der Waals surface area contributed by atoms with E-state index in [2.05, 4.69) is 13.8 Å². The van der Waals surface area contributed by atoms with Gasteiger partial charge in [0.1, 0.15) is 5.75 Å². The minimum absolute atomic E-state index is 0. The van der Waals surface area contributed by atoms with Crippen LogP contribution in [0.15, 0.2) is 24.3 Å². The number of para-hydroxylation sites is 1. The molecule has 0 saturated heterocycles. The van der Waals surface area contributed by atoms with Crippen LogP contribution in [-0.4, -0.2) is 23.7 Å². The van der Waals surface area contributed by atoms with Crippen LogP contribution in [0, 0.1) is 0 Å². The molecule has 0 atom stereocenters. The van der Waals surface area contributed by atoms with Crippen LogP contribution in [0.2, 0.25) is 0 Å². The minimum atomic E-state index is -1.36. The molecule has 0 fully saturated rings. The van der Waals surface area contributed by atoms with E-state index in [0.29, 0.717) is 13.0 Å². The molecule has 1 aromatic rings. The van der Waals surface area contributed by atoms with Crippen molar-refractivity contribution in [1.29, 1.82) is 0 Å². The number of carbonyl (C=O) groups excluding carboxylic acids is 2. The summed E-state index contributed by atoms with van der Waals surface area (Å²) in [5, 5.41) is 19.0. The first-order valence-corrected chi connectivity index (χ1v) is 12.7. The molecule has 0 aliphatic rings. The van der Waals surface area contributed by atoms with Gasteiger partial charge >= 0.3 is 57.4 Å². The number of rotatable bonds is 18. The second kappa shape index (κ2) is 26.2. The largest absolute Gasteiger partial charge is 1.00 e. The van der Waals surface area contributed by atoms with Gasteiger partial charge in [0.15, 0.2) is 0 Å². The van der Waals surface area contributed by atoms with E-state index in [1.807, 2.05) is 0 Å². The molecule has 0 heterocycles. The number of aromatic carboxylic acids is 1. The van der Waals surface area contributed by atoms with Gasteiger partial charge in [0.25, 0.3) is 0 Å². The number of hydrogen-bond donors (Lipinski definition) is 1. The Hall–Kier alpha value is -0.404. The maximum absolute atomic E-state index is 11.6. The van der Waals surface area contributed by atoms with Gasteiger partial charge in [-0.25, -0.2) is 0 Å². The summed E-state index contributed by atoms with van der Waals surface area (Å²) >= 11 is 0. The van der Waals surface area contributed by atoms with Crippen molar-refractivity contribution in [1.82, 2.24) is 0 Å². The maximum Gasteiger partial charge on any atom is 1.00 e. The van der Waals surface area contributed by atoms with E-state index in [-0.39, 0.29) is 68.7 Å². The molecular weight excluding hydrogens is 443 g/mol. The Morgan fingerprint density at radius 1 is 0.758 bits per heavy atom. The summed E-state index contributed by atoms with van der Waals surface area (Å²) in [4.78, 5) is 21.7. The van der Waals surface area contributed by atoms with E-state index in [4.69, 9.17) is 9.84 Å². The van der Waals surface area contributed by atoms with Gasteiger partial charge in [-0.3, -0.25) is 4.79 Å². The number of carboxylic acid groups (broad SMARTS) is 1. The molecule has 6 heteroatoms. The third-order valence-electron chi connectivity index (χ3n) is 5.37. The predicted molar refractivity (Wildman–Crippen MR) is 129 cm³/mol. The Morgan fingerprint density at radius 3 is 1.67 bits per heavy atom. The molecule has 1 N–H and O–H groups in total. The number of unbranched alkanes of at least 4 members (excludes halogenated alkanes) is 13. The van der Waals surface area contributed by atoms with Gasteiger partial charge in [0.2, 0.25) is 0 Å². The summed E-state index contributed by atoms with van der Waals surface area (Å²) in [6.07, 6.45) is 19.7. The average Bonchev–Trinajstić information content (AvgIpc) is 2.78. The Morgan fingerprint density at radius 2 is 1.21 bits per heavy atom. The quantitative estimate of drug-likeness (QED) is 0.194. The van der Waals surface area contributed by atoms with Crippen LogP contribution in [0.5, 0.6) is 5.75 Å². The van der Waals surface area contributed by atoms with E-state index < -0.39 is 5.97 Å². The molecule has 33 heavy (non-hydrogen) atoms. The van der Waals surface area contributed by atoms with Gasteiger partial charge in [-0.2, -0.15) is 0 Å². The predicted octanol–water partition coefficient (Wildman–Crippen LogP) is 3.57. The van der Waals surface area contributed by atoms with E-state index in [0.717, 1.165) is 12.8 Å². The normalized spacial score (nSPS) is 10.0. The molecule has 0 saturated carbocycles. The first-order chi connectivity index (χ1) is 15.5. The fourth-order valence-electron chi connectivity index (χ4n) is 3.37. The summed E-state index contributed by atoms with van der Waals surface area (Å²) in [5.41, 5.74) is -0.178. The van der Waals surface area contributed by atoms with Crippen molar-refractivity contribution in [3.8, 4) is 5.75 Å². The summed E-state index contributed by atoms with van der Waals surface area (Å²) in [6, 6.07) is 5.64. The third kappa shape index (κ3) is 23.1. The zero-order valence-electron chi connectivity index (χ0n) is 21.4. The van der Waals surface area contributed by atoms with E-state index >= 15 is 0 Å². The van der Waals surface area contributed by atoms with Crippen molar-refractivity contribution in [3.63, 3.8) is 0 Å². The molecule has 0 bridgehead atoms. The van der Waals surface area contributed by atoms with Gasteiger partial charge in [0.05, 0.1) is 12.6 Å². The van der Waals surface area contributed by atoms with Crippen molar-refractivity contribution < 1.29 is 75.9 Å². The number of hydrogen-bond acceptors (Lipinski definition) is 5. The van der Waals surface area contributed by atoms with Crippen molar-refractivity contribution >= 4 is 11.9 Å². The molecule has 5 nitrogen and oxygen atoms in total. The van der Waals surface area contributed by atoms with Crippen molar-refractivity contribution in [2.24, 2.45) is 0 Å². The average molecular weight is 489 g/mol. The first kappa shape index (κ1) is 34.8. The second-order valence-corrected chi connectivity index (χ2v) is 8.37. The summed E-state index contributed by atoms with van der Waals surface area (Å²) in [5.74, 6) is -1.61. The summed E-state index contributed by atoms with van der Waals surface area (Å²) in [6.45, 7) is 5.11. The van der Waals surface area contributed by atoms with Crippen LogP contribution in [0.25, 0.3) is 0 Å². The molecule has 0 spiro atoms. The van der Waals surface area contributed by atoms with Crippen LogP contribution in [-0.2, 0) is 9.53 Å². The molecular formula is C27H45KO5. The van der Waals surface area contributed by atoms with Gasteiger partial charge < -0.3 is 19.7 Å². The molecule has 0 aliphatic carbocycles. The van der Waals surface area contributed by atoms with Crippen molar-refractivity contribution in [2.45, 2.75) is 117 Å². The zero-order valence-corrected chi connectivity index (χ0v) is 24.5. The van der Waals surface area contributed by atoms with Gasteiger partial charge in [-0.15, -0.1) is 0 Å². The van der Waals surface area contributed by atoms with Gasteiger partial charge in [0, 0.05) is 12.0 Å². The molecule has 1 rings (SSSR count). The van der Waals surface area contributed by atoms with Crippen LogP contribution in [0.1, 0.15) is 127 Å². The topological polar surface area (TPSA) is 86.7 Å². The smallest absolute Gasteiger partial charge is 0.545 e. The van der Waals surface area contributed by atoms with Gasteiger partial charge in [-0.05, 0) is 25.0 Å². The Balaban J connectivity index is 0. The van der Waals surface area contributed by atoms with E-state index in [1.165, 1.54) is 102 Å². The number of phenols is 1. The van der Waals surface area contributed by atoms with Crippen LogP contribution < -0.4 is 56.5 Å². The molecule has 1 aromatic carbocycles. The molecule has 0 radical (unpaired) electrons. The van der Waals surface area contributed by atoms with E-state index in [1.54, 1.807) is 6.07 Å². The molecule has 0 aromatic heterocycles. The Kier molecular flexibility index (Phi) is 27.6. The minimum Gasteiger partial charge on any atom is -0.545 e. The number of carbonyl (C=O) groups is 2.